The Morgan fingerprint density at radius 2 is 1.83 bits per heavy atom. The van der Waals surface area contributed by atoms with Gasteiger partial charge in [-0.2, -0.15) is 0 Å². The van der Waals surface area contributed by atoms with E-state index in [-0.39, 0.29) is 17.0 Å². The van der Waals surface area contributed by atoms with Gasteiger partial charge in [-0.3, -0.25) is 4.79 Å². The number of benzene rings is 1. The molecule has 0 aliphatic carbocycles. The second-order valence-corrected chi connectivity index (χ2v) is 6.64. The van der Waals surface area contributed by atoms with E-state index in [1.807, 2.05) is 20.8 Å². The number of aromatic nitrogens is 2. The van der Waals surface area contributed by atoms with E-state index in [4.69, 9.17) is 0 Å². The van der Waals surface area contributed by atoms with Gasteiger partial charge < -0.3 is 4.90 Å². The van der Waals surface area contributed by atoms with Gasteiger partial charge in [0, 0.05) is 36.0 Å². The molecule has 0 radical (unpaired) electrons. The standard InChI is InChI=1S/C17H17F2N3O/c1-17(2,3)16-20-8-10(9-21-16)15(23)22-5-4-12-13(19)6-11(18)7-14(12)22/h6-9H,4-5H2,1-3H3. The molecule has 0 saturated heterocycles. The normalized spacial score (nSPS) is 14.0. The first-order valence-electron chi connectivity index (χ1n) is 7.39. The fourth-order valence-corrected chi connectivity index (χ4v) is 2.61. The Kier molecular flexibility index (Phi) is 3.62. The predicted molar refractivity (Wildman–Crippen MR) is 82.5 cm³/mol. The van der Waals surface area contributed by atoms with Crippen LogP contribution in [-0.4, -0.2) is 22.4 Å². The lowest BCUT2D eigenvalue weighted by Crippen LogP contribution is -2.29. The van der Waals surface area contributed by atoms with Crippen molar-refractivity contribution in [3.63, 3.8) is 0 Å². The molecule has 2 heterocycles. The molecule has 1 amide bonds. The summed E-state index contributed by atoms with van der Waals surface area (Å²) in [5, 5.41) is 0. The van der Waals surface area contributed by atoms with Crippen molar-refractivity contribution in [2.24, 2.45) is 0 Å². The average Bonchev–Trinajstić information content (AvgIpc) is 2.89. The summed E-state index contributed by atoms with van der Waals surface area (Å²) in [6.07, 6.45) is 3.29. The van der Waals surface area contributed by atoms with Crippen molar-refractivity contribution in [3.05, 3.63) is 53.1 Å². The van der Waals surface area contributed by atoms with Crippen molar-refractivity contribution in [1.29, 1.82) is 0 Å². The fourth-order valence-electron chi connectivity index (χ4n) is 2.61. The van der Waals surface area contributed by atoms with Gasteiger partial charge in [0.05, 0.1) is 11.3 Å². The molecule has 2 aromatic rings. The van der Waals surface area contributed by atoms with Gasteiger partial charge in [0.2, 0.25) is 0 Å². The summed E-state index contributed by atoms with van der Waals surface area (Å²) in [5.74, 6) is -1.03. The monoisotopic (exact) mass is 317 g/mol. The molecule has 4 nitrogen and oxygen atoms in total. The Morgan fingerprint density at radius 3 is 2.43 bits per heavy atom. The molecule has 0 unspecified atom stereocenters. The third-order valence-electron chi connectivity index (χ3n) is 3.83. The highest BCUT2D eigenvalue weighted by molar-refractivity contribution is 6.06. The lowest BCUT2D eigenvalue weighted by atomic mass is 9.96. The maximum atomic E-state index is 13.8. The maximum absolute atomic E-state index is 13.8. The summed E-state index contributed by atoms with van der Waals surface area (Å²) in [4.78, 5) is 22.4. The van der Waals surface area contributed by atoms with Gasteiger partial charge >= 0.3 is 0 Å². The first kappa shape index (κ1) is 15.5. The Morgan fingerprint density at radius 1 is 1.17 bits per heavy atom. The molecule has 120 valence electrons. The third-order valence-corrected chi connectivity index (χ3v) is 3.83. The molecule has 0 N–H and O–H groups in total. The molecule has 6 heteroatoms. The Hall–Kier alpha value is -2.37. The lowest BCUT2D eigenvalue weighted by molar-refractivity contribution is 0.0988. The van der Waals surface area contributed by atoms with E-state index in [2.05, 4.69) is 9.97 Å². The topological polar surface area (TPSA) is 46.1 Å². The number of hydrogen-bond donors (Lipinski definition) is 0. The highest BCUT2D eigenvalue weighted by atomic mass is 19.1. The van der Waals surface area contributed by atoms with Crippen LogP contribution in [-0.2, 0) is 11.8 Å². The van der Waals surface area contributed by atoms with Gasteiger partial charge in [-0.15, -0.1) is 0 Å². The lowest BCUT2D eigenvalue weighted by Gasteiger charge is -2.19. The number of carbonyl (C=O) groups is 1. The van der Waals surface area contributed by atoms with Crippen LogP contribution in [0.2, 0.25) is 0 Å². The maximum Gasteiger partial charge on any atom is 0.261 e. The van der Waals surface area contributed by atoms with E-state index in [1.165, 1.54) is 23.4 Å². The van der Waals surface area contributed by atoms with Crippen LogP contribution in [0.3, 0.4) is 0 Å². The minimum atomic E-state index is -0.694. The summed E-state index contributed by atoms with van der Waals surface area (Å²) < 4.78 is 27.2. The molecular weight excluding hydrogens is 300 g/mol. The van der Waals surface area contributed by atoms with Crippen molar-refractivity contribution in [2.45, 2.75) is 32.6 Å². The van der Waals surface area contributed by atoms with Crippen LogP contribution < -0.4 is 4.90 Å². The zero-order valence-electron chi connectivity index (χ0n) is 13.2. The van der Waals surface area contributed by atoms with E-state index in [0.717, 1.165) is 6.07 Å². The van der Waals surface area contributed by atoms with E-state index in [1.54, 1.807) is 0 Å². The second kappa shape index (κ2) is 5.37. The van der Waals surface area contributed by atoms with Crippen molar-refractivity contribution in [3.8, 4) is 0 Å². The van der Waals surface area contributed by atoms with Crippen LogP contribution in [0, 0.1) is 11.6 Å². The van der Waals surface area contributed by atoms with Gasteiger partial charge in [-0.25, -0.2) is 18.7 Å². The largest absolute Gasteiger partial charge is 0.307 e. The second-order valence-electron chi connectivity index (χ2n) is 6.64. The number of carbonyl (C=O) groups excluding carboxylic acids is 1. The molecule has 0 atom stereocenters. The van der Waals surface area contributed by atoms with E-state index in [9.17, 15) is 13.6 Å². The molecule has 0 fully saturated rings. The molecule has 1 aromatic carbocycles. The SMILES string of the molecule is CC(C)(C)c1ncc(C(=O)N2CCc3c(F)cc(F)cc32)cn1. The van der Waals surface area contributed by atoms with Gasteiger partial charge in [0.1, 0.15) is 17.5 Å². The van der Waals surface area contributed by atoms with Gasteiger partial charge in [-0.1, -0.05) is 20.8 Å². The number of hydrogen-bond acceptors (Lipinski definition) is 3. The number of halogens is 2. The highest BCUT2D eigenvalue weighted by Gasteiger charge is 2.29. The van der Waals surface area contributed by atoms with Crippen LogP contribution in [0.15, 0.2) is 24.5 Å². The first-order chi connectivity index (χ1) is 10.8. The number of fused-ring (bicyclic) bond motifs is 1. The van der Waals surface area contributed by atoms with Crippen molar-refractivity contribution < 1.29 is 13.6 Å². The number of anilines is 1. The zero-order chi connectivity index (χ0) is 16.8. The van der Waals surface area contributed by atoms with Crippen LogP contribution in [0.1, 0.15) is 42.5 Å². The zero-order valence-corrected chi connectivity index (χ0v) is 13.2. The molecular formula is C17H17F2N3O. The molecule has 1 aliphatic rings. The summed E-state index contributed by atoms with van der Waals surface area (Å²) in [6, 6.07) is 2.03. The fraction of sp³-hybridized carbons (Fsp3) is 0.353. The van der Waals surface area contributed by atoms with Crippen molar-refractivity contribution in [2.75, 3.05) is 11.4 Å². The van der Waals surface area contributed by atoms with Crippen LogP contribution in [0.4, 0.5) is 14.5 Å². The highest BCUT2D eigenvalue weighted by Crippen LogP contribution is 2.32. The Bertz CT molecular complexity index is 767. The molecule has 0 saturated carbocycles. The molecule has 3 rings (SSSR count). The summed E-state index contributed by atoms with van der Waals surface area (Å²) in [5.41, 5.74) is 0.739. The number of nitrogens with zero attached hydrogens (tertiary/aromatic N) is 3. The van der Waals surface area contributed by atoms with Gasteiger partial charge in [-0.05, 0) is 12.5 Å². The van der Waals surface area contributed by atoms with Crippen molar-refractivity contribution >= 4 is 11.6 Å². The molecule has 0 spiro atoms. The van der Waals surface area contributed by atoms with E-state index in [0.29, 0.717) is 29.9 Å². The molecule has 1 aliphatic heterocycles. The van der Waals surface area contributed by atoms with Gasteiger partial charge in [0.25, 0.3) is 5.91 Å². The Labute approximate surface area is 133 Å². The number of amides is 1. The summed E-state index contributed by atoms with van der Waals surface area (Å²) in [7, 11) is 0. The van der Waals surface area contributed by atoms with Gasteiger partial charge in [0.15, 0.2) is 0 Å². The third kappa shape index (κ3) is 2.81. The average molecular weight is 317 g/mol. The number of rotatable bonds is 1. The van der Waals surface area contributed by atoms with E-state index < -0.39 is 11.6 Å². The first-order valence-corrected chi connectivity index (χ1v) is 7.39. The molecule has 0 bridgehead atoms. The molecule has 23 heavy (non-hydrogen) atoms. The van der Waals surface area contributed by atoms with E-state index >= 15 is 0 Å². The Balaban J connectivity index is 1.92. The molecule has 1 aromatic heterocycles. The van der Waals surface area contributed by atoms with Crippen LogP contribution >= 0.6 is 0 Å². The van der Waals surface area contributed by atoms with Crippen LogP contribution in [0.5, 0.6) is 0 Å². The smallest absolute Gasteiger partial charge is 0.261 e. The minimum Gasteiger partial charge on any atom is -0.307 e. The summed E-state index contributed by atoms with van der Waals surface area (Å²) >= 11 is 0. The van der Waals surface area contributed by atoms with Crippen molar-refractivity contribution in [1.82, 2.24) is 9.97 Å². The minimum absolute atomic E-state index is 0.214. The predicted octanol–water partition coefficient (Wildman–Crippen LogP) is 3.26. The summed E-state index contributed by atoms with van der Waals surface area (Å²) in [6.45, 7) is 6.25. The quantitative estimate of drug-likeness (QED) is 0.811. The van der Waals surface area contributed by atoms with Crippen LogP contribution in [0.25, 0.3) is 0 Å².